The van der Waals surface area contributed by atoms with Crippen molar-refractivity contribution in [2.24, 2.45) is 0 Å². The van der Waals surface area contributed by atoms with Crippen LogP contribution in [0.4, 0.5) is 5.00 Å². The maximum atomic E-state index is 12.3. The highest BCUT2D eigenvalue weighted by Crippen LogP contribution is 2.34. The maximum Gasteiger partial charge on any atom is 0.348 e. The van der Waals surface area contributed by atoms with E-state index in [1.807, 2.05) is 30.5 Å². The van der Waals surface area contributed by atoms with E-state index in [1.165, 1.54) is 14.2 Å². The summed E-state index contributed by atoms with van der Waals surface area (Å²) in [6.45, 7) is 1.04. The number of aromatic amines is 1. The molecule has 9 nitrogen and oxygen atoms in total. The molecule has 1 amide bonds. The summed E-state index contributed by atoms with van der Waals surface area (Å²) in [5, 5.41) is 3.75. The smallest absolute Gasteiger partial charge is 0.348 e. The largest absolute Gasteiger partial charge is 0.465 e. The van der Waals surface area contributed by atoms with Gasteiger partial charge in [0.1, 0.15) is 9.88 Å². The predicted molar refractivity (Wildman–Crippen MR) is 123 cm³/mol. The molecule has 0 aliphatic carbocycles. The average Bonchev–Trinajstić information content (AvgIpc) is 3.37. The van der Waals surface area contributed by atoms with E-state index in [4.69, 9.17) is 14.2 Å². The van der Waals surface area contributed by atoms with Crippen LogP contribution in [0.2, 0.25) is 0 Å². The van der Waals surface area contributed by atoms with Crippen molar-refractivity contribution in [3.05, 3.63) is 52.0 Å². The highest BCUT2D eigenvalue weighted by Gasteiger charge is 2.27. The Hall–Kier alpha value is -3.66. The number of hydrogen-bond acceptors (Lipinski definition) is 8. The molecule has 33 heavy (non-hydrogen) atoms. The molecule has 0 saturated carbocycles. The Balaban J connectivity index is 1.53. The number of thiophene rings is 1. The van der Waals surface area contributed by atoms with Crippen molar-refractivity contribution in [3.8, 4) is 0 Å². The van der Waals surface area contributed by atoms with Crippen molar-refractivity contribution < 1.29 is 33.4 Å². The molecule has 2 aromatic heterocycles. The van der Waals surface area contributed by atoms with Crippen molar-refractivity contribution in [2.45, 2.75) is 26.2 Å². The molecule has 2 heterocycles. The van der Waals surface area contributed by atoms with Crippen LogP contribution in [-0.2, 0) is 30.2 Å². The van der Waals surface area contributed by atoms with Gasteiger partial charge in [0.05, 0.1) is 19.8 Å². The molecule has 0 atom stereocenters. The van der Waals surface area contributed by atoms with Gasteiger partial charge in [0.2, 0.25) is 0 Å². The maximum absolute atomic E-state index is 12.3. The zero-order valence-electron chi connectivity index (χ0n) is 18.5. The number of ether oxygens (including phenoxy) is 3. The van der Waals surface area contributed by atoms with Gasteiger partial charge in [0, 0.05) is 23.5 Å². The number of benzene rings is 1. The number of para-hydroxylation sites is 1. The number of nitrogens with one attached hydrogen (secondary N) is 2. The minimum atomic E-state index is -0.705. The molecule has 174 valence electrons. The van der Waals surface area contributed by atoms with Crippen molar-refractivity contribution in [1.82, 2.24) is 4.98 Å². The first kappa shape index (κ1) is 24.0. The summed E-state index contributed by atoms with van der Waals surface area (Å²) in [5.74, 6) is -2.48. The van der Waals surface area contributed by atoms with Crippen molar-refractivity contribution in [2.75, 3.05) is 26.1 Å². The fourth-order valence-corrected chi connectivity index (χ4v) is 4.51. The number of amides is 1. The third-order valence-corrected chi connectivity index (χ3v) is 6.21. The molecule has 2 N–H and O–H groups in total. The summed E-state index contributed by atoms with van der Waals surface area (Å²) < 4.78 is 14.5. The first-order valence-electron chi connectivity index (χ1n) is 10.2. The minimum Gasteiger partial charge on any atom is -0.465 e. The molecular formula is C23H24N2O7S. The number of fused-ring (bicyclic) bond motifs is 1. The van der Waals surface area contributed by atoms with Crippen LogP contribution < -0.4 is 5.32 Å². The third kappa shape index (κ3) is 5.58. The van der Waals surface area contributed by atoms with Gasteiger partial charge in [-0.25, -0.2) is 9.59 Å². The first-order valence-corrected chi connectivity index (χ1v) is 11.0. The Bertz CT molecular complexity index is 1190. The molecule has 3 aromatic rings. The molecule has 1 aromatic carbocycles. The van der Waals surface area contributed by atoms with Crippen molar-refractivity contribution >= 4 is 51.1 Å². The Kier molecular flexibility index (Phi) is 7.83. The lowest BCUT2D eigenvalue weighted by Crippen LogP contribution is -2.21. The summed E-state index contributed by atoms with van der Waals surface area (Å²) in [4.78, 5) is 51.8. The second kappa shape index (κ2) is 10.8. The molecule has 0 aliphatic heterocycles. The van der Waals surface area contributed by atoms with Crippen LogP contribution in [-0.4, -0.2) is 49.6 Å². The predicted octanol–water partition coefficient (Wildman–Crippen LogP) is 3.62. The molecule has 0 bridgehead atoms. The van der Waals surface area contributed by atoms with Crippen LogP contribution in [0.5, 0.6) is 0 Å². The minimum absolute atomic E-state index is 0.0568. The first-order chi connectivity index (χ1) is 15.8. The number of hydrogen-bond donors (Lipinski definition) is 2. The summed E-state index contributed by atoms with van der Waals surface area (Å²) in [6, 6.07) is 7.92. The lowest BCUT2D eigenvalue weighted by Gasteiger charge is -2.07. The van der Waals surface area contributed by atoms with E-state index in [2.05, 4.69) is 10.3 Å². The quantitative estimate of drug-likeness (QED) is 0.360. The molecule has 0 saturated heterocycles. The highest BCUT2D eigenvalue weighted by molar-refractivity contribution is 7.18. The highest BCUT2D eigenvalue weighted by atomic mass is 32.1. The monoisotopic (exact) mass is 472 g/mol. The van der Waals surface area contributed by atoms with Gasteiger partial charge < -0.3 is 24.5 Å². The number of H-pyrrole nitrogens is 1. The standard InChI is InChI=1S/C23H24N2O7S/c1-13-19(22(28)30-2)21(33-20(13)23(29)31-3)25-17(26)12-32-18(27)10-6-7-14-11-24-16-9-5-4-8-15(14)16/h4-5,8-9,11,24H,6-7,10,12H2,1-3H3,(H,25,26). The molecule has 0 fully saturated rings. The fourth-order valence-electron chi connectivity index (χ4n) is 3.38. The van der Waals surface area contributed by atoms with Crippen LogP contribution in [0.1, 0.15) is 44.0 Å². The van der Waals surface area contributed by atoms with E-state index in [9.17, 15) is 19.2 Å². The molecular weight excluding hydrogens is 448 g/mol. The normalized spacial score (nSPS) is 10.6. The summed E-state index contributed by atoms with van der Waals surface area (Å²) in [6.07, 6.45) is 3.35. The Morgan fingerprint density at radius 1 is 1.06 bits per heavy atom. The van der Waals surface area contributed by atoms with Gasteiger partial charge in [0.15, 0.2) is 6.61 Å². The van der Waals surface area contributed by atoms with Gasteiger partial charge in [0.25, 0.3) is 5.91 Å². The van der Waals surface area contributed by atoms with Gasteiger partial charge in [-0.05, 0) is 37.0 Å². The Morgan fingerprint density at radius 2 is 1.79 bits per heavy atom. The van der Waals surface area contributed by atoms with Crippen molar-refractivity contribution in [3.63, 3.8) is 0 Å². The van der Waals surface area contributed by atoms with E-state index in [0.717, 1.165) is 27.8 Å². The van der Waals surface area contributed by atoms with Gasteiger partial charge in [-0.2, -0.15) is 0 Å². The molecule has 0 radical (unpaired) electrons. The van der Waals surface area contributed by atoms with Crippen LogP contribution in [0.3, 0.4) is 0 Å². The van der Waals surface area contributed by atoms with Gasteiger partial charge >= 0.3 is 17.9 Å². The van der Waals surface area contributed by atoms with Crippen LogP contribution in [0.15, 0.2) is 30.5 Å². The SMILES string of the molecule is COC(=O)c1sc(NC(=O)COC(=O)CCCc2c[nH]c3ccccc23)c(C(=O)OC)c1C. The fraction of sp³-hybridized carbons (Fsp3) is 0.304. The second-order valence-electron chi connectivity index (χ2n) is 7.17. The Morgan fingerprint density at radius 3 is 2.52 bits per heavy atom. The van der Waals surface area contributed by atoms with Gasteiger partial charge in [-0.15, -0.1) is 11.3 Å². The van der Waals surface area contributed by atoms with E-state index >= 15 is 0 Å². The number of aromatic nitrogens is 1. The molecule has 0 spiro atoms. The number of methoxy groups -OCH3 is 2. The third-order valence-electron chi connectivity index (χ3n) is 5.03. The topological polar surface area (TPSA) is 124 Å². The number of anilines is 1. The zero-order chi connectivity index (χ0) is 24.0. The number of aryl methyl sites for hydroxylation is 1. The number of carbonyl (C=O) groups excluding carboxylic acids is 4. The van der Waals surface area contributed by atoms with Crippen LogP contribution in [0, 0.1) is 6.92 Å². The number of rotatable bonds is 9. The molecule has 0 aliphatic rings. The van der Waals surface area contributed by atoms with Crippen molar-refractivity contribution in [1.29, 1.82) is 0 Å². The zero-order valence-corrected chi connectivity index (χ0v) is 19.3. The number of carbonyl (C=O) groups is 4. The van der Waals surface area contributed by atoms with Crippen LogP contribution in [0.25, 0.3) is 10.9 Å². The summed E-state index contributed by atoms with van der Waals surface area (Å²) >= 11 is 0.888. The lowest BCUT2D eigenvalue weighted by molar-refractivity contribution is -0.147. The average molecular weight is 473 g/mol. The van der Waals surface area contributed by atoms with E-state index in [-0.39, 0.29) is 21.9 Å². The van der Waals surface area contributed by atoms with E-state index < -0.39 is 30.4 Å². The lowest BCUT2D eigenvalue weighted by atomic mass is 10.1. The van der Waals surface area contributed by atoms with E-state index in [1.54, 1.807) is 6.92 Å². The second-order valence-corrected chi connectivity index (χ2v) is 8.19. The summed E-state index contributed by atoms with van der Waals surface area (Å²) in [7, 11) is 2.41. The van der Waals surface area contributed by atoms with E-state index in [0.29, 0.717) is 18.4 Å². The molecule has 10 heteroatoms. The van der Waals surface area contributed by atoms with Crippen LogP contribution >= 0.6 is 11.3 Å². The molecule has 0 unspecified atom stereocenters. The summed E-state index contributed by atoms with van der Waals surface area (Å²) in [5.41, 5.74) is 2.54. The van der Waals surface area contributed by atoms with Gasteiger partial charge in [-0.1, -0.05) is 18.2 Å². The Labute approximate surface area is 194 Å². The number of esters is 3. The van der Waals surface area contributed by atoms with Gasteiger partial charge in [-0.3, -0.25) is 9.59 Å². The molecule has 3 rings (SSSR count).